The molecule has 0 aliphatic heterocycles. The first-order valence-corrected chi connectivity index (χ1v) is 10.5. The topological polar surface area (TPSA) is 132 Å². The van der Waals surface area contributed by atoms with E-state index >= 15 is 0 Å². The third kappa shape index (κ3) is 5.75. The van der Waals surface area contributed by atoms with Crippen LogP contribution < -0.4 is 10.6 Å². The van der Waals surface area contributed by atoms with Gasteiger partial charge in [0.1, 0.15) is 0 Å². The molecule has 1 unspecified atom stereocenters. The molecular formula is C23H30ClN7O2. The zero-order chi connectivity index (χ0) is 21.8. The van der Waals surface area contributed by atoms with Crippen LogP contribution in [0.4, 0.5) is 17.5 Å². The maximum Gasteiger partial charge on any atom is 0.227 e. The maximum atomic E-state index is 9.59. The molecule has 176 valence electrons. The van der Waals surface area contributed by atoms with Crippen LogP contribution in [0, 0.1) is 0 Å². The summed E-state index contributed by atoms with van der Waals surface area (Å²) in [7, 11) is 0. The summed E-state index contributed by atoms with van der Waals surface area (Å²) < 4.78 is 2.01. The molecule has 10 heteroatoms. The Kier molecular flexibility index (Phi) is 9.10. The van der Waals surface area contributed by atoms with Crippen LogP contribution in [0.2, 0.25) is 0 Å². The molecule has 1 atom stereocenters. The van der Waals surface area contributed by atoms with Gasteiger partial charge in [-0.25, -0.2) is 4.98 Å². The summed E-state index contributed by atoms with van der Waals surface area (Å²) in [6, 6.07) is 14.0. The van der Waals surface area contributed by atoms with Crippen LogP contribution in [0.5, 0.6) is 0 Å². The van der Waals surface area contributed by atoms with Gasteiger partial charge < -0.3 is 25.8 Å². The number of benzene rings is 1. The molecular weight excluding hydrogens is 442 g/mol. The minimum absolute atomic E-state index is 0. The number of fused-ring (bicyclic) bond motifs is 1. The van der Waals surface area contributed by atoms with Gasteiger partial charge in [0.05, 0.1) is 24.7 Å². The van der Waals surface area contributed by atoms with Gasteiger partial charge in [0.25, 0.3) is 0 Å². The zero-order valence-electron chi connectivity index (χ0n) is 18.9. The van der Waals surface area contributed by atoms with Crippen molar-refractivity contribution in [2.75, 3.05) is 17.2 Å². The van der Waals surface area contributed by atoms with E-state index in [0.717, 1.165) is 29.0 Å². The first kappa shape index (κ1) is 26.0. The van der Waals surface area contributed by atoms with Gasteiger partial charge in [0.2, 0.25) is 5.95 Å². The maximum absolute atomic E-state index is 9.59. The average Bonchev–Trinajstić information content (AvgIpc) is 3.23. The fraction of sp³-hybridized carbons (Fsp3) is 0.304. The number of rotatable bonds is 8. The zero-order valence-corrected chi connectivity index (χ0v) is 19.7. The van der Waals surface area contributed by atoms with Crippen LogP contribution in [0.25, 0.3) is 22.4 Å². The SMILES string of the molecule is CCC(CO)Nc1nc(Nc2cccc(-c3ccccn3)c2)c2ncn(C(C)C)c2n1.Cl.O. The Hall–Kier alpha value is -3.27. The van der Waals surface area contributed by atoms with Crippen molar-refractivity contribution in [2.24, 2.45) is 0 Å². The molecule has 3 aromatic heterocycles. The third-order valence-electron chi connectivity index (χ3n) is 5.11. The van der Waals surface area contributed by atoms with E-state index in [4.69, 9.17) is 0 Å². The molecule has 0 bridgehead atoms. The van der Waals surface area contributed by atoms with Gasteiger partial charge in [-0.05, 0) is 44.5 Å². The number of aromatic nitrogens is 5. The number of aliphatic hydroxyl groups is 1. The largest absolute Gasteiger partial charge is 0.412 e. The summed E-state index contributed by atoms with van der Waals surface area (Å²) in [6.07, 6.45) is 4.33. The minimum atomic E-state index is -0.117. The summed E-state index contributed by atoms with van der Waals surface area (Å²) in [5.41, 5.74) is 4.22. The second-order valence-electron chi connectivity index (χ2n) is 7.67. The molecule has 0 radical (unpaired) electrons. The number of halogens is 1. The van der Waals surface area contributed by atoms with Crippen molar-refractivity contribution in [3.05, 3.63) is 55.0 Å². The number of hydrogen-bond acceptors (Lipinski definition) is 7. The van der Waals surface area contributed by atoms with Gasteiger partial charge in [-0.1, -0.05) is 25.1 Å². The number of nitrogens with one attached hydrogen (secondary N) is 2. The van der Waals surface area contributed by atoms with Gasteiger partial charge >= 0.3 is 0 Å². The monoisotopic (exact) mass is 471 g/mol. The van der Waals surface area contributed by atoms with Crippen molar-refractivity contribution >= 4 is 41.0 Å². The molecule has 0 aliphatic carbocycles. The van der Waals surface area contributed by atoms with E-state index < -0.39 is 0 Å². The van der Waals surface area contributed by atoms with Crippen LogP contribution in [0.1, 0.15) is 33.2 Å². The number of imidazole rings is 1. The molecule has 5 N–H and O–H groups in total. The van der Waals surface area contributed by atoms with Crippen molar-refractivity contribution in [1.82, 2.24) is 24.5 Å². The fourth-order valence-corrected chi connectivity index (χ4v) is 3.33. The standard InChI is InChI=1S/C23H27N7O.ClH.H2O/c1-4-17(13-31)27-23-28-21(20-22(29-23)30(14-25-20)15(2)3)26-18-9-7-8-16(12-18)19-10-5-6-11-24-19;;/h5-12,14-15,17,31H,4,13H2,1-3H3,(H2,26,27,28,29);1H;1H2. The van der Waals surface area contributed by atoms with Crippen molar-refractivity contribution in [2.45, 2.75) is 39.3 Å². The predicted molar refractivity (Wildman–Crippen MR) is 134 cm³/mol. The van der Waals surface area contributed by atoms with Gasteiger partial charge in [-0.2, -0.15) is 9.97 Å². The minimum Gasteiger partial charge on any atom is -0.412 e. The van der Waals surface area contributed by atoms with Gasteiger partial charge in [-0.15, -0.1) is 12.4 Å². The van der Waals surface area contributed by atoms with E-state index in [-0.39, 0.29) is 36.6 Å². The van der Waals surface area contributed by atoms with E-state index in [0.29, 0.717) is 17.3 Å². The molecule has 0 fully saturated rings. The van der Waals surface area contributed by atoms with Crippen molar-refractivity contribution in [1.29, 1.82) is 0 Å². The smallest absolute Gasteiger partial charge is 0.227 e. The first-order valence-electron chi connectivity index (χ1n) is 10.5. The molecule has 1 aromatic carbocycles. The summed E-state index contributed by atoms with van der Waals surface area (Å²) >= 11 is 0. The normalized spacial score (nSPS) is 11.5. The number of hydrogen-bond donors (Lipinski definition) is 3. The van der Waals surface area contributed by atoms with E-state index in [1.54, 1.807) is 12.5 Å². The molecule has 0 saturated carbocycles. The molecule has 0 aliphatic rings. The lowest BCUT2D eigenvalue weighted by molar-refractivity contribution is 0.271. The number of anilines is 3. The number of pyridine rings is 1. The Balaban J connectivity index is 0.00000193. The lowest BCUT2D eigenvalue weighted by Gasteiger charge is -2.16. The lowest BCUT2D eigenvalue weighted by Crippen LogP contribution is -2.24. The van der Waals surface area contributed by atoms with Gasteiger partial charge in [0.15, 0.2) is 17.0 Å². The highest BCUT2D eigenvalue weighted by Crippen LogP contribution is 2.28. The summed E-state index contributed by atoms with van der Waals surface area (Å²) in [4.78, 5) is 18.3. The highest BCUT2D eigenvalue weighted by atomic mass is 35.5. The highest BCUT2D eigenvalue weighted by Gasteiger charge is 2.17. The molecule has 4 rings (SSSR count). The van der Waals surface area contributed by atoms with Crippen LogP contribution in [0.15, 0.2) is 55.0 Å². The van der Waals surface area contributed by atoms with Gasteiger partial charge in [0, 0.05) is 23.5 Å². The second-order valence-corrected chi connectivity index (χ2v) is 7.67. The molecule has 4 aromatic rings. The Morgan fingerprint density at radius 2 is 1.88 bits per heavy atom. The van der Waals surface area contributed by atoms with E-state index in [2.05, 4.69) is 44.4 Å². The van der Waals surface area contributed by atoms with Gasteiger partial charge in [-0.3, -0.25) is 4.98 Å². The van der Waals surface area contributed by atoms with Crippen LogP contribution >= 0.6 is 12.4 Å². The van der Waals surface area contributed by atoms with E-state index in [1.807, 2.05) is 54.0 Å². The second kappa shape index (κ2) is 11.6. The lowest BCUT2D eigenvalue weighted by atomic mass is 10.1. The predicted octanol–water partition coefficient (Wildman–Crippen LogP) is 3.99. The average molecular weight is 472 g/mol. The van der Waals surface area contributed by atoms with E-state index in [1.165, 1.54) is 0 Å². The number of aliphatic hydroxyl groups excluding tert-OH is 1. The molecule has 0 saturated heterocycles. The van der Waals surface area contributed by atoms with E-state index in [9.17, 15) is 5.11 Å². The molecule has 0 spiro atoms. The fourth-order valence-electron chi connectivity index (χ4n) is 3.33. The molecule has 3 heterocycles. The Bertz CT molecular complexity index is 1160. The molecule has 0 amide bonds. The van der Waals surface area contributed by atoms with Crippen LogP contribution in [-0.2, 0) is 0 Å². The Labute approximate surface area is 199 Å². The Morgan fingerprint density at radius 1 is 1.06 bits per heavy atom. The first-order chi connectivity index (χ1) is 15.1. The quantitative estimate of drug-likeness (QED) is 0.353. The van der Waals surface area contributed by atoms with Crippen molar-refractivity contribution < 1.29 is 10.6 Å². The summed E-state index contributed by atoms with van der Waals surface area (Å²) in [6.45, 7) is 6.19. The highest BCUT2D eigenvalue weighted by molar-refractivity contribution is 5.87. The Morgan fingerprint density at radius 3 is 2.55 bits per heavy atom. The molecule has 33 heavy (non-hydrogen) atoms. The third-order valence-corrected chi connectivity index (χ3v) is 5.11. The van der Waals surface area contributed by atoms with Crippen LogP contribution in [0.3, 0.4) is 0 Å². The summed E-state index contributed by atoms with van der Waals surface area (Å²) in [5, 5.41) is 16.2. The number of nitrogens with zero attached hydrogens (tertiary/aromatic N) is 5. The van der Waals surface area contributed by atoms with Crippen molar-refractivity contribution in [3.8, 4) is 11.3 Å². The van der Waals surface area contributed by atoms with Crippen LogP contribution in [-0.4, -0.2) is 47.7 Å². The molecule has 9 nitrogen and oxygen atoms in total. The summed E-state index contributed by atoms with van der Waals surface area (Å²) in [5.74, 6) is 1.07. The van der Waals surface area contributed by atoms with Crippen molar-refractivity contribution in [3.63, 3.8) is 0 Å².